The van der Waals surface area contributed by atoms with E-state index in [-0.39, 0.29) is 29.9 Å². The molecule has 0 unspecified atom stereocenters. The first-order chi connectivity index (χ1) is 10.9. The molecule has 23 heavy (non-hydrogen) atoms. The van der Waals surface area contributed by atoms with Gasteiger partial charge in [0.25, 0.3) is 0 Å². The Kier molecular flexibility index (Phi) is 4.16. The summed E-state index contributed by atoms with van der Waals surface area (Å²) in [4.78, 5) is 12.1. The molecule has 1 aliphatic rings. The lowest BCUT2D eigenvalue weighted by Gasteiger charge is -2.13. The van der Waals surface area contributed by atoms with Crippen LogP contribution in [0, 0.1) is 5.82 Å². The maximum absolute atomic E-state index is 13.1. The number of halogens is 1. The molecule has 1 aromatic heterocycles. The van der Waals surface area contributed by atoms with Crippen LogP contribution in [0.25, 0.3) is 0 Å². The van der Waals surface area contributed by atoms with Gasteiger partial charge in [-0.05, 0) is 24.1 Å². The quantitative estimate of drug-likeness (QED) is 0.918. The van der Waals surface area contributed by atoms with Crippen molar-refractivity contribution in [3.63, 3.8) is 0 Å². The van der Waals surface area contributed by atoms with Crippen LogP contribution < -0.4 is 5.32 Å². The van der Waals surface area contributed by atoms with Gasteiger partial charge in [0.2, 0.25) is 5.91 Å². The molecule has 1 amide bonds. The van der Waals surface area contributed by atoms with Crippen molar-refractivity contribution >= 4 is 21.6 Å². The summed E-state index contributed by atoms with van der Waals surface area (Å²) in [6.07, 6.45) is 2.03. The molecule has 1 aromatic carbocycles. The first kappa shape index (κ1) is 15.7. The highest BCUT2D eigenvalue weighted by atomic mass is 32.2. The molecule has 0 bridgehead atoms. The van der Waals surface area contributed by atoms with Crippen LogP contribution in [0.15, 0.2) is 36.5 Å². The number of nitrogens with one attached hydrogen (secondary N) is 1. The van der Waals surface area contributed by atoms with Crippen LogP contribution in [0.2, 0.25) is 0 Å². The fourth-order valence-corrected chi connectivity index (χ4v) is 4.38. The van der Waals surface area contributed by atoms with E-state index in [1.807, 2.05) is 0 Å². The van der Waals surface area contributed by atoms with E-state index in [1.165, 1.54) is 23.0 Å². The van der Waals surface area contributed by atoms with Crippen LogP contribution in [0.1, 0.15) is 18.0 Å². The van der Waals surface area contributed by atoms with E-state index < -0.39 is 15.7 Å². The van der Waals surface area contributed by atoms with Gasteiger partial charge in [-0.3, -0.25) is 4.79 Å². The first-order valence-corrected chi connectivity index (χ1v) is 9.03. The average molecular weight is 337 g/mol. The lowest BCUT2D eigenvalue weighted by molar-refractivity contribution is -0.115. The van der Waals surface area contributed by atoms with E-state index in [1.54, 1.807) is 18.2 Å². The Balaban J connectivity index is 1.69. The summed E-state index contributed by atoms with van der Waals surface area (Å²) in [6, 6.07) is 7.19. The number of hydrogen-bond donors (Lipinski definition) is 1. The summed E-state index contributed by atoms with van der Waals surface area (Å²) in [5.41, 5.74) is 0.567. The maximum Gasteiger partial charge on any atom is 0.229 e. The minimum atomic E-state index is -3.04. The maximum atomic E-state index is 13.1. The molecule has 2 heterocycles. The molecule has 0 spiro atoms. The molecular weight excluding hydrogens is 321 g/mol. The van der Waals surface area contributed by atoms with Crippen molar-refractivity contribution in [1.82, 2.24) is 9.78 Å². The van der Waals surface area contributed by atoms with Gasteiger partial charge in [0.05, 0.1) is 30.2 Å². The topological polar surface area (TPSA) is 81.1 Å². The monoisotopic (exact) mass is 337 g/mol. The number of anilines is 1. The summed E-state index contributed by atoms with van der Waals surface area (Å²) in [5.74, 6) is -0.0847. The van der Waals surface area contributed by atoms with Gasteiger partial charge in [0.15, 0.2) is 9.84 Å². The minimum Gasteiger partial charge on any atom is -0.311 e. The highest BCUT2D eigenvalue weighted by Gasteiger charge is 2.30. The summed E-state index contributed by atoms with van der Waals surface area (Å²) >= 11 is 0. The van der Waals surface area contributed by atoms with Crippen LogP contribution in [-0.4, -0.2) is 35.6 Å². The van der Waals surface area contributed by atoms with Crippen molar-refractivity contribution in [2.75, 3.05) is 16.8 Å². The van der Waals surface area contributed by atoms with Gasteiger partial charge in [0, 0.05) is 6.07 Å². The molecule has 3 rings (SSSR count). The van der Waals surface area contributed by atoms with Crippen molar-refractivity contribution in [1.29, 1.82) is 0 Å². The smallest absolute Gasteiger partial charge is 0.229 e. The van der Waals surface area contributed by atoms with E-state index in [0.29, 0.717) is 17.8 Å². The number of carbonyl (C=O) groups is 1. The van der Waals surface area contributed by atoms with Gasteiger partial charge in [0.1, 0.15) is 11.6 Å². The number of carbonyl (C=O) groups excluding carboxylic acids is 1. The SMILES string of the molecule is O=C(Cc1cccc(F)c1)Nc1ccnn1[C@H]1CCS(=O)(=O)C1. The molecule has 6 nitrogen and oxygen atoms in total. The Hall–Kier alpha value is -2.22. The van der Waals surface area contributed by atoms with E-state index >= 15 is 0 Å². The summed E-state index contributed by atoms with van der Waals surface area (Å²) in [7, 11) is -3.04. The van der Waals surface area contributed by atoms with Crippen molar-refractivity contribution in [3.8, 4) is 0 Å². The molecule has 8 heteroatoms. The van der Waals surface area contributed by atoms with Gasteiger partial charge in [-0.2, -0.15) is 5.10 Å². The fraction of sp³-hybridized carbons (Fsp3) is 0.333. The van der Waals surface area contributed by atoms with E-state index in [0.717, 1.165) is 0 Å². The number of amides is 1. The molecule has 122 valence electrons. The molecule has 1 aliphatic heterocycles. The molecule has 1 N–H and O–H groups in total. The molecule has 1 saturated heterocycles. The zero-order chi connectivity index (χ0) is 16.4. The van der Waals surface area contributed by atoms with Crippen LogP contribution in [0.3, 0.4) is 0 Å². The molecule has 0 radical (unpaired) electrons. The summed E-state index contributed by atoms with van der Waals surface area (Å²) in [5, 5.41) is 6.82. The van der Waals surface area contributed by atoms with Crippen molar-refractivity contribution in [2.24, 2.45) is 0 Å². The molecule has 1 atom stereocenters. The van der Waals surface area contributed by atoms with Gasteiger partial charge in [-0.25, -0.2) is 17.5 Å². The van der Waals surface area contributed by atoms with Gasteiger partial charge in [-0.1, -0.05) is 12.1 Å². The second-order valence-electron chi connectivity index (χ2n) is 5.57. The predicted octanol–water partition coefficient (Wildman–Crippen LogP) is 1.56. The molecule has 0 saturated carbocycles. The lowest BCUT2D eigenvalue weighted by atomic mass is 10.1. The van der Waals surface area contributed by atoms with Crippen molar-refractivity contribution in [2.45, 2.75) is 18.9 Å². The molecule has 1 fully saturated rings. The number of sulfone groups is 1. The third-order valence-electron chi connectivity index (χ3n) is 3.75. The van der Waals surface area contributed by atoms with E-state index in [9.17, 15) is 17.6 Å². The molecular formula is C15H16FN3O3S. The highest BCUT2D eigenvalue weighted by molar-refractivity contribution is 7.91. The number of aromatic nitrogens is 2. The third kappa shape index (κ3) is 3.76. The van der Waals surface area contributed by atoms with Gasteiger partial charge >= 0.3 is 0 Å². The van der Waals surface area contributed by atoms with Gasteiger partial charge < -0.3 is 5.32 Å². The van der Waals surface area contributed by atoms with Crippen LogP contribution in [0.4, 0.5) is 10.2 Å². The second-order valence-corrected chi connectivity index (χ2v) is 7.80. The van der Waals surface area contributed by atoms with Crippen LogP contribution in [0.5, 0.6) is 0 Å². The fourth-order valence-electron chi connectivity index (χ4n) is 2.69. The van der Waals surface area contributed by atoms with Crippen molar-refractivity contribution < 1.29 is 17.6 Å². The van der Waals surface area contributed by atoms with Crippen LogP contribution in [-0.2, 0) is 21.1 Å². The minimum absolute atomic E-state index is 0.0292. The molecule has 0 aliphatic carbocycles. The first-order valence-electron chi connectivity index (χ1n) is 7.21. The van der Waals surface area contributed by atoms with Crippen LogP contribution >= 0.6 is 0 Å². The Morgan fingerprint density at radius 2 is 2.22 bits per heavy atom. The standard InChI is InChI=1S/C15H16FN3O3S/c16-12-3-1-2-11(8-12)9-15(20)18-14-4-6-17-19(14)13-5-7-23(21,22)10-13/h1-4,6,8,13H,5,7,9-10H2,(H,18,20)/t13-/m0/s1. The predicted molar refractivity (Wildman–Crippen MR) is 83.3 cm³/mol. The zero-order valence-corrected chi connectivity index (χ0v) is 13.1. The van der Waals surface area contributed by atoms with E-state index in [2.05, 4.69) is 10.4 Å². The number of rotatable bonds is 4. The van der Waals surface area contributed by atoms with Gasteiger partial charge in [-0.15, -0.1) is 0 Å². The third-order valence-corrected chi connectivity index (χ3v) is 5.50. The summed E-state index contributed by atoms with van der Waals surface area (Å²) in [6.45, 7) is 0. The lowest BCUT2D eigenvalue weighted by Crippen LogP contribution is -2.20. The van der Waals surface area contributed by atoms with Crippen molar-refractivity contribution in [3.05, 3.63) is 47.9 Å². The largest absolute Gasteiger partial charge is 0.311 e. The Labute approximate surface area is 133 Å². The molecule has 2 aromatic rings. The summed E-state index contributed by atoms with van der Waals surface area (Å²) < 4.78 is 37.8. The Morgan fingerprint density at radius 3 is 2.91 bits per heavy atom. The average Bonchev–Trinajstić information content (AvgIpc) is 3.04. The zero-order valence-electron chi connectivity index (χ0n) is 12.3. The Morgan fingerprint density at radius 1 is 1.39 bits per heavy atom. The second kappa shape index (κ2) is 6.11. The number of hydrogen-bond acceptors (Lipinski definition) is 4. The number of nitrogens with zero attached hydrogens (tertiary/aromatic N) is 2. The van der Waals surface area contributed by atoms with E-state index in [4.69, 9.17) is 0 Å². The highest BCUT2D eigenvalue weighted by Crippen LogP contribution is 2.26. The normalized spacial score (nSPS) is 19.6. The Bertz CT molecular complexity index is 832. The number of benzene rings is 1.